The van der Waals surface area contributed by atoms with Crippen LogP contribution >= 0.6 is 0 Å². The monoisotopic (exact) mass is 372 g/mol. The van der Waals surface area contributed by atoms with Crippen molar-refractivity contribution < 1.29 is 22.3 Å². The van der Waals surface area contributed by atoms with Gasteiger partial charge < -0.3 is 9.47 Å². The lowest BCUT2D eigenvalue weighted by atomic mass is 9.79. The van der Waals surface area contributed by atoms with Crippen LogP contribution in [0.2, 0.25) is 0 Å². The average molecular weight is 372 g/mol. The zero-order chi connectivity index (χ0) is 17.9. The molecule has 1 spiro atoms. The first-order valence-electron chi connectivity index (χ1n) is 8.74. The molecule has 25 heavy (non-hydrogen) atoms. The van der Waals surface area contributed by atoms with E-state index < -0.39 is 15.7 Å². The molecule has 0 bridgehead atoms. The minimum absolute atomic E-state index is 0.0375. The van der Waals surface area contributed by atoms with Crippen LogP contribution in [0.5, 0.6) is 5.88 Å². The fourth-order valence-corrected chi connectivity index (χ4v) is 4.42. The summed E-state index contributed by atoms with van der Waals surface area (Å²) in [7, 11) is -2.93. The Morgan fingerprint density at radius 3 is 3.00 bits per heavy atom. The van der Waals surface area contributed by atoms with Crippen LogP contribution in [0.25, 0.3) is 0 Å². The second-order valence-corrected chi connectivity index (χ2v) is 9.25. The van der Waals surface area contributed by atoms with Crippen molar-refractivity contribution in [3.05, 3.63) is 24.1 Å². The predicted molar refractivity (Wildman–Crippen MR) is 91.9 cm³/mol. The molecule has 6 nitrogen and oxygen atoms in total. The predicted octanol–water partition coefficient (Wildman–Crippen LogP) is 1.52. The molecule has 1 aromatic rings. The molecule has 0 N–H and O–H groups in total. The molecule has 2 saturated heterocycles. The zero-order valence-corrected chi connectivity index (χ0v) is 15.3. The van der Waals surface area contributed by atoms with Crippen LogP contribution < -0.4 is 4.74 Å². The van der Waals surface area contributed by atoms with E-state index in [4.69, 9.17) is 9.47 Å². The molecule has 0 aromatic carbocycles. The molecule has 0 saturated carbocycles. The Hall–Kier alpha value is -1.25. The van der Waals surface area contributed by atoms with Crippen LogP contribution in [0.3, 0.4) is 0 Å². The van der Waals surface area contributed by atoms with Gasteiger partial charge in [-0.15, -0.1) is 0 Å². The van der Waals surface area contributed by atoms with E-state index in [1.807, 2.05) is 0 Å². The molecule has 0 amide bonds. The molecule has 3 heterocycles. The molecular formula is C17H25FN2O4S. The van der Waals surface area contributed by atoms with Gasteiger partial charge in [0.05, 0.1) is 18.0 Å². The Bertz CT molecular complexity index is 692. The Kier molecular flexibility index (Phi) is 5.60. The second-order valence-electron chi connectivity index (χ2n) is 6.77. The van der Waals surface area contributed by atoms with E-state index in [0.29, 0.717) is 25.7 Å². The van der Waals surface area contributed by atoms with Gasteiger partial charge in [0, 0.05) is 38.2 Å². The van der Waals surface area contributed by atoms with Crippen molar-refractivity contribution in [2.24, 2.45) is 5.92 Å². The van der Waals surface area contributed by atoms with E-state index in [1.54, 1.807) is 6.92 Å². The van der Waals surface area contributed by atoms with Gasteiger partial charge in [-0.25, -0.2) is 17.8 Å². The molecular weight excluding hydrogens is 347 g/mol. The van der Waals surface area contributed by atoms with Crippen molar-refractivity contribution >= 4 is 9.84 Å². The minimum Gasteiger partial charge on any atom is -0.476 e. The Morgan fingerprint density at radius 2 is 2.28 bits per heavy atom. The standard InChI is InChI=1S/C17H25FN2O4S/c1-2-25(21,22)11-8-20-12-17(13-20)14(6-10-24-17)5-9-23-16-15(18)4-3-7-19-16/h3-4,7,14H,2,5-6,8-13H2,1H3. The molecule has 8 heteroatoms. The van der Waals surface area contributed by atoms with Crippen LogP contribution in [0.4, 0.5) is 4.39 Å². The van der Waals surface area contributed by atoms with Crippen LogP contribution in [0, 0.1) is 11.7 Å². The molecule has 140 valence electrons. The number of pyridine rings is 1. The smallest absolute Gasteiger partial charge is 0.250 e. The summed E-state index contributed by atoms with van der Waals surface area (Å²) < 4.78 is 48.2. The minimum atomic E-state index is -2.93. The lowest BCUT2D eigenvalue weighted by Crippen LogP contribution is -2.65. The quantitative estimate of drug-likeness (QED) is 0.689. The third-order valence-electron chi connectivity index (χ3n) is 5.17. The van der Waals surface area contributed by atoms with Gasteiger partial charge in [0.2, 0.25) is 5.88 Å². The summed E-state index contributed by atoms with van der Waals surface area (Å²) in [5, 5.41) is 0. The first kappa shape index (κ1) is 18.5. The maximum absolute atomic E-state index is 13.5. The second kappa shape index (κ2) is 7.55. The molecule has 1 atom stereocenters. The largest absolute Gasteiger partial charge is 0.476 e. The van der Waals surface area contributed by atoms with E-state index in [9.17, 15) is 12.8 Å². The SMILES string of the molecule is CCS(=O)(=O)CCN1CC2(C1)OCCC2CCOc1ncccc1F. The summed E-state index contributed by atoms with van der Waals surface area (Å²) in [6, 6.07) is 2.86. The van der Waals surface area contributed by atoms with Crippen LogP contribution in [0.15, 0.2) is 18.3 Å². The third kappa shape index (κ3) is 4.30. The number of ether oxygens (including phenoxy) is 2. The lowest BCUT2D eigenvalue weighted by Gasteiger charge is -2.50. The summed E-state index contributed by atoms with van der Waals surface area (Å²) >= 11 is 0. The van der Waals surface area contributed by atoms with Crippen molar-refractivity contribution in [3.63, 3.8) is 0 Å². The van der Waals surface area contributed by atoms with Gasteiger partial charge in [-0.3, -0.25) is 4.90 Å². The normalized spacial score (nSPS) is 22.9. The highest BCUT2D eigenvalue weighted by Gasteiger charge is 2.52. The number of likely N-dealkylation sites (tertiary alicyclic amines) is 1. The van der Waals surface area contributed by atoms with E-state index in [2.05, 4.69) is 9.88 Å². The van der Waals surface area contributed by atoms with Crippen LogP contribution in [-0.4, -0.2) is 68.3 Å². The van der Waals surface area contributed by atoms with Crippen molar-refractivity contribution in [2.45, 2.75) is 25.4 Å². The Labute approximate surface area is 148 Å². The summed E-state index contributed by atoms with van der Waals surface area (Å²) in [6.45, 7) is 4.86. The molecule has 2 fully saturated rings. The molecule has 0 radical (unpaired) electrons. The third-order valence-corrected chi connectivity index (χ3v) is 6.85. The van der Waals surface area contributed by atoms with Crippen LogP contribution in [0.1, 0.15) is 19.8 Å². The molecule has 2 aliphatic heterocycles. The number of halogens is 1. The highest BCUT2D eigenvalue weighted by Crippen LogP contribution is 2.41. The summed E-state index contributed by atoms with van der Waals surface area (Å²) in [5.74, 6) is 0.319. The highest BCUT2D eigenvalue weighted by molar-refractivity contribution is 7.91. The van der Waals surface area contributed by atoms with Gasteiger partial charge in [0.1, 0.15) is 0 Å². The van der Waals surface area contributed by atoms with Gasteiger partial charge in [-0.2, -0.15) is 0 Å². The molecule has 1 aromatic heterocycles. The zero-order valence-electron chi connectivity index (χ0n) is 14.5. The molecule has 3 rings (SSSR count). The van der Waals surface area contributed by atoms with Crippen molar-refractivity contribution in [3.8, 4) is 5.88 Å². The van der Waals surface area contributed by atoms with Gasteiger partial charge in [0.15, 0.2) is 15.7 Å². The molecule has 1 unspecified atom stereocenters. The summed E-state index contributed by atoms with van der Waals surface area (Å²) in [6.07, 6.45) is 3.24. The van der Waals surface area contributed by atoms with Crippen molar-refractivity contribution in [2.75, 3.05) is 44.4 Å². The fourth-order valence-electron chi connectivity index (χ4n) is 3.60. The molecule has 0 aliphatic carbocycles. The van der Waals surface area contributed by atoms with E-state index >= 15 is 0 Å². The van der Waals surface area contributed by atoms with Gasteiger partial charge in [0.25, 0.3) is 0 Å². The summed E-state index contributed by atoms with van der Waals surface area (Å²) in [5.41, 5.74) is -0.192. The first-order chi connectivity index (χ1) is 11.9. The number of nitrogens with zero attached hydrogens (tertiary/aromatic N) is 2. The Morgan fingerprint density at radius 1 is 1.48 bits per heavy atom. The number of aromatic nitrogens is 1. The van der Waals surface area contributed by atoms with Crippen LogP contribution in [-0.2, 0) is 14.6 Å². The maximum atomic E-state index is 13.5. The van der Waals surface area contributed by atoms with E-state index in [-0.39, 0.29) is 23.0 Å². The number of hydrogen-bond donors (Lipinski definition) is 0. The highest BCUT2D eigenvalue weighted by atomic mass is 32.2. The average Bonchev–Trinajstić information content (AvgIpc) is 2.97. The maximum Gasteiger partial charge on any atom is 0.250 e. The van der Waals surface area contributed by atoms with Gasteiger partial charge >= 0.3 is 0 Å². The molecule has 2 aliphatic rings. The van der Waals surface area contributed by atoms with Gasteiger partial charge in [-0.1, -0.05) is 6.92 Å². The van der Waals surface area contributed by atoms with E-state index in [1.165, 1.54) is 18.3 Å². The van der Waals surface area contributed by atoms with Crippen molar-refractivity contribution in [1.82, 2.24) is 9.88 Å². The first-order valence-corrected chi connectivity index (χ1v) is 10.6. The number of sulfone groups is 1. The topological polar surface area (TPSA) is 68.7 Å². The fraction of sp³-hybridized carbons (Fsp3) is 0.706. The Balaban J connectivity index is 1.45. The number of hydrogen-bond acceptors (Lipinski definition) is 6. The van der Waals surface area contributed by atoms with Crippen molar-refractivity contribution in [1.29, 1.82) is 0 Å². The summed E-state index contributed by atoms with van der Waals surface area (Å²) in [4.78, 5) is 6.02. The lowest BCUT2D eigenvalue weighted by molar-refractivity contribution is -0.132. The number of rotatable bonds is 8. The van der Waals surface area contributed by atoms with Gasteiger partial charge in [-0.05, 0) is 30.9 Å². The van der Waals surface area contributed by atoms with E-state index in [0.717, 1.165) is 25.9 Å².